The summed E-state index contributed by atoms with van der Waals surface area (Å²) in [5.41, 5.74) is 2.13. The van der Waals surface area contributed by atoms with Crippen LogP contribution in [0.2, 0.25) is 0 Å². The highest BCUT2D eigenvalue weighted by Crippen LogP contribution is 2.32. The van der Waals surface area contributed by atoms with Gasteiger partial charge in [-0.1, -0.05) is 30.3 Å². The van der Waals surface area contributed by atoms with E-state index in [0.717, 1.165) is 5.56 Å². The third-order valence-electron chi connectivity index (χ3n) is 5.19. The monoisotopic (exact) mass is 466 g/mol. The minimum Gasteiger partial charge on any atom is -0.497 e. The van der Waals surface area contributed by atoms with Crippen LogP contribution in [0.5, 0.6) is 5.75 Å². The first-order valence-electron chi connectivity index (χ1n) is 10.2. The summed E-state index contributed by atoms with van der Waals surface area (Å²) in [6.07, 6.45) is 0.625. The fourth-order valence-corrected chi connectivity index (χ4v) is 5.13. The summed E-state index contributed by atoms with van der Waals surface area (Å²) in [7, 11) is -2.34. The third-order valence-corrected chi connectivity index (χ3v) is 7.00. The second-order valence-electron chi connectivity index (χ2n) is 7.34. The molecule has 3 aromatic rings. The van der Waals surface area contributed by atoms with E-state index in [2.05, 4.69) is 5.32 Å². The van der Waals surface area contributed by atoms with Crippen LogP contribution in [0.15, 0.2) is 77.7 Å². The summed E-state index contributed by atoms with van der Waals surface area (Å²) in [6, 6.07) is 19.7. The fraction of sp³-hybridized carbons (Fsp3) is 0.167. The minimum atomic E-state index is -3.85. The van der Waals surface area contributed by atoms with Crippen molar-refractivity contribution in [2.45, 2.75) is 11.3 Å². The van der Waals surface area contributed by atoms with Gasteiger partial charge in [0.25, 0.3) is 15.9 Å². The van der Waals surface area contributed by atoms with Crippen LogP contribution in [0.4, 0.5) is 11.4 Å². The summed E-state index contributed by atoms with van der Waals surface area (Å²) < 4.78 is 37.9. The summed E-state index contributed by atoms with van der Waals surface area (Å²) in [5.74, 6) is -0.757. The molecular formula is C24H22N2O6S. The molecule has 0 saturated carbocycles. The van der Waals surface area contributed by atoms with E-state index in [-0.39, 0.29) is 10.5 Å². The number of amides is 1. The van der Waals surface area contributed by atoms with Gasteiger partial charge in [0.15, 0.2) is 6.61 Å². The molecule has 0 radical (unpaired) electrons. The Balaban J connectivity index is 1.43. The Bertz CT molecular complexity index is 1310. The SMILES string of the molecule is COc1cccc(NC(=O)COC(=O)c2cccc(S(=O)(=O)N3CCc4ccccc43)c2)c1. The van der Waals surface area contributed by atoms with Gasteiger partial charge in [-0.05, 0) is 48.4 Å². The lowest BCUT2D eigenvalue weighted by molar-refractivity contribution is -0.119. The molecule has 9 heteroatoms. The number of fused-ring (bicyclic) bond motifs is 1. The number of methoxy groups -OCH3 is 1. The second-order valence-corrected chi connectivity index (χ2v) is 9.20. The molecule has 8 nitrogen and oxygen atoms in total. The van der Waals surface area contributed by atoms with Crippen molar-refractivity contribution in [1.82, 2.24) is 0 Å². The van der Waals surface area contributed by atoms with Crippen LogP contribution in [0, 0.1) is 0 Å². The van der Waals surface area contributed by atoms with Gasteiger partial charge in [0, 0.05) is 18.3 Å². The van der Waals surface area contributed by atoms with Crippen LogP contribution < -0.4 is 14.4 Å². The van der Waals surface area contributed by atoms with Crippen molar-refractivity contribution in [3.05, 3.63) is 83.9 Å². The number of para-hydroxylation sites is 1. The zero-order chi connectivity index (χ0) is 23.4. The quantitative estimate of drug-likeness (QED) is 0.537. The van der Waals surface area contributed by atoms with Gasteiger partial charge in [-0.25, -0.2) is 13.2 Å². The van der Waals surface area contributed by atoms with E-state index in [1.54, 1.807) is 36.4 Å². The Morgan fingerprint density at radius 3 is 2.61 bits per heavy atom. The zero-order valence-corrected chi connectivity index (χ0v) is 18.7. The Morgan fingerprint density at radius 1 is 1.00 bits per heavy atom. The van der Waals surface area contributed by atoms with Crippen molar-refractivity contribution < 1.29 is 27.5 Å². The number of nitrogens with zero attached hydrogens (tertiary/aromatic N) is 1. The number of ether oxygens (including phenoxy) is 2. The molecule has 0 atom stereocenters. The van der Waals surface area contributed by atoms with E-state index < -0.39 is 28.5 Å². The van der Waals surface area contributed by atoms with Crippen molar-refractivity contribution in [3.8, 4) is 5.75 Å². The summed E-state index contributed by atoms with van der Waals surface area (Å²) in [5, 5.41) is 2.61. The Kier molecular flexibility index (Phi) is 6.32. The molecule has 0 unspecified atom stereocenters. The summed E-state index contributed by atoms with van der Waals surface area (Å²) in [4.78, 5) is 24.6. The van der Waals surface area contributed by atoms with E-state index in [9.17, 15) is 18.0 Å². The largest absolute Gasteiger partial charge is 0.497 e. The van der Waals surface area contributed by atoms with E-state index in [0.29, 0.717) is 30.1 Å². The van der Waals surface area contributed by atoms with Crippen LogP contribution in [0.3, 0.4) is 0 Å². The second kappa shape index (κ2) is 9.33. The molecule has 3 aromatic carbocycles. The Morgan fingerprint density at radius 2 is 1.79 bits per heavy atom. The van der Waals surface area contributed by atoms with Crippen LogP contribution in [-0.4, -0.2) is 40.6 Å². The molecule has 33 heavy (non-hydrogen) atoms. The molecule has 1 amide bonds. The maximum atomic E-state index is 13.2. The number of hydrogen-bond donors (Lipinski definition) is 1. The number of carbonyl (C=O) groups excluding carboxylic acids is 2. The molecule has 170 valence electrons. The average Bonchev–Trinajstić information content (AvgIpc) is 3.28. The number of hydrogen-bond acceptors (Lipinski definition) is 6. The van der Waals surface area contributed by atoms with E-state index in [1.807, 2.05) is 12.1 Å². The predicted octanol–water partition coefficient (Wildman–Crippen LogP) is 3.24. The molecule has 0 fully saturated rings. The van der Waals surface area contributed by atoms with Crippen molar-refractivity contribution in [2.24, 2.45) is 0 Å². The normalized spacial score (nSPS) is 12.7. The lowest BCUT2D eigenvalue weighted by Gasteiger charge is -2.19. The van der Waals surface area contributed by atoms with Crippen molar-refractivity contribution in [2.75, 3.05) is 29.9 Å². The molecule has 0 saturated heterocycles. The molecule has 1 N–H and O–H groups in total. The lowest BCUT2D eigenvalue weighted by Crippen LogP contribution is -2.29. The van der Waals surface area contributed by atoms with Gasteiger partial charge >= 0.3 is 5.97 Å². The average molecular weight is 467 g/mol. The number of nitrogens with one attached hydrogen (secondary N) is 1. The molecule has 0 aromatic heterocycles. The maximum absolute atomic E-state index is 13.2. The topological polar surface area (TPSA) is 102 Å². The predicted molar refractivity (Wildman–Crippen MR) is 123 cm³/mol. The zero-order valence-electron chi connectivity index (χ0n) is 17.9. The van der Waals surface area contributed by atoms with Gasteiger partial charge in [0.1, 0.15) is 5.75 Å². The van der Waals surface area contributed by atoms with E-state index in [1.165, 1.54) is 35.7 Å². The molecular weight excluding hydrogens is 444 g/mol. The highest BCUT2D eigenvalue weighted by atomic mass is 32.2. The number of sulfonamides is 1. The number of benzene rings is 3. The van der Waals surface area contributed by atoms with Crippen molar-refractivity contribution in [3.63, 3.8) is 0 Å². The Hall–Kier alpha value is -3.85. The molecule has 0 bridgehead atoms. The number of anilines is 2. The van der Waals surface area contributed by atoms with Crippen LogP contribution in [0.1, 0.15) is 15.9 Å². The number of rotatable bonds is 7. The summed E-state index contributed by atoms with van der Waals surface area (Å²) >= 11 is 0. The molecule has 4 rings (SSSR count). The lowest BCUT2D eigenvalue weighted by atomic mass is 10.2. The van der Waals surface area contributed by atoms with Gasteiger partial charge in [0.05, 0.1) is 23.3 Å². The molecule has 1 aliphatic rings. The molecule has 1 aliphatic heterocycles. The van der Waals surface area contributed by atoms with Crippen molar-refractivity contribution >= 4 is 33.3 Å². The van der Waals surface area contributed by atoms with Gasteiger partial charge in [-0.2, -0.15) is 0 Å². The number of carbonyl (C=O) groups is 2. The number of esters is 1. The van der Waals surface area contributed by atoms with Gasteiger partial charge in [0.2, 0.25) is 0 Å². The fourth-order valence-electron chi connectivity index (χ4n) is 3.58. The first-order valence-corrected chi connectivity index (χ1v) is 11.6. The van der Waals surface area contributed by atoms with Gasteiger partial charge in [-0.15, -0.1) is 0 Å². The maximum Gasteiger partial charge on any atom is 0.338 e. The third kappa shape index (κ3) is 4.83. The minimum absolute atomic E-state index is 0.0190. The van der Waals surface area contributed by atoms with Crippen LogP contribution in [-0.2, 0) is 26.0 Å². The Labute approximate surface area is 191 Å². The smallest absolute Gasteiger partial charge is 0.338 e. The molecule has 0 aliphatic carbocycles. The van der Waals surface area contributed by atoms with Crippen LogP contribution in [0.25, 0.3) is 0 Å². The van der Waals surface area contributed by atoms with Gasteiger partial charge in [-0.3, -0.25) is 9.10 Å². The molecule has 0 spiro atoms. The first-order chi connectivity index (χ1) is 15.9. The van der Waals surface area contributed by atoms with E-state index >= 15 is 0 Å². The standard InChI is InChI=1S/C24H22N2O6S/c1-31-20-9-5-8-19(15-20)25-23(27)16-32-24(28)18-7-4-10-21(14-18)33(29,30)26-13-12-17-6-2-3-11-22(17)26/h2-11,14-15H,12-13,16H2,1H3,(H,25,27). The summed E-state index contributed by atoms with van der Waals surface area (Å²) in [6.45, 7) is -0.187. The van der Waals surface area contributed by atoms with Gasteiger partial charge < -0.3 is 14.8 Å². The molecule has 1 heterocycles. The highest BCUT2D eigenvalue weighted by Gasteiger charge is 2.31. The van der Waals surface area contributed by atoms with Crippen LogP contribution >= 0.6 is 0 Å². The first kappa shape index (κ1) is 22.3. The van der Waals surface area contributed by atoms with E-state index in [4.69, 9.17) is 9.47 Å². The van der Waals surface area contributed by atoms with Crippen molar-refractivity contribution in [1.29, 1.82) is 0 Å². The highest BCUT2D eigenvalue weighted by molar-refractivity contribution is 7.92.